The third kappa shape index (κ3) is 9.60. The molecule has 0 heterocycles. The molecule has 0 radical (unpaired) electrons. The van der Waals surface area contributed by atoms with Gasteiger partial charge in [-0.3, -0.25) is 0 Å². The van der Waals surface area contributed by atoms with Crippen LogP contribution in [0.1, 0.15) is 54.4 Å². The Hall–Kier alpha value is -1.65. The number of aryl methyl sites for hydroxylation is 3. The lowest BCUT2D eigenvalue weighted by atomic mass is 9.98. The number of unbranched alkanes of at least 4 members (excludes halogenated alkanes) is 3. The van der Waals surface area contributed by atoms with Gasteiger partial charge in [-0.1, -0.05) is 49.2 Å². The summed E-state index contributed by atoms with van der Waals surface area (Å²) in [5, 5.41) is 3.15. The van der Waals surface area contributed by atoms with Crippen molar-refractivity contribution < 1.29 is 18.4 Å². The average molecular weight is 420 g/mol. The topological polar surface area (TPSA) is 58.6 Å². The highest BCUT2D eigenvalue weighted by molar-refractivity contribution is 7.32. The number of hydrogen-bond donors (Lipinski definition) is 2. The molecule has 2 rings (SSSR count). The Labute approximate surface area is 174 Å². The van der Waals surface area contributed by atoms with Gasteiger partial charge in [-0.05, 0) is 68.3 Å². The maximum Gasteiger partial charge on any atom is 0.694 e. The number of halogens is 1. The van der Waals surface area contributed by atoms with Crippen molar-refractivity contribution in [3.05, 3.63) is 70.5 Å². The average Bonchev–Trinajstić information content (AvgIpc) is 2.70. The molecule has 0 aromatic heterocycles. The Morgan fingerprint density at radius 1 is 1.00 bits per heavy atom. The molecule has 0 bridgehead atoms. The first-order chi connectivity index (χ1) is 14.1. The van der Waals surface area contributed by atoms with E-state index in [1.54, 1.807) is 6.07 Å². The van der Waals surface area contributed by atoms with E-state index in [0.29, 0.717) is 25.1 Å². The van der Waals surface area contributed by atoms with Crippen molar-refractivity contribution >= 4 is 8.25 Å². The van der Waals surface area contributed by atoms with E-state index in [0.717, 1.165) is 30.4 Å². The summed E-state index contributed by atoms with van der Waals surface area (Å²) < 4.78 is 29.4. The van der Waals surface area contributed by atoms with Crippen LogP contribution in [-0.4, -0.2) is 18.0 Å². The molecule has 2 aromatic rings. The molecule has 158 valence electrons. The van der Waals surface area contributed by atoms with E-state index < -0.39 is 8.25 Å². The van der Waals surface area contributed by atoms with Crippen LogP contribution in [0.25, 0.3) is 0 Å². The third-order valence-electron chi connectivity index (χ3n) is 5.02. The Balaban J connectivity index is 1.65. The maximum atomic E-state index is 14.4. The molecule has 4 nitrogen and oxygen atoms in total. The summed E-state index contributed by atoms with van der Waals surface area (Å²) in [5.41, 5.74) is 4.27. The van der Waals surface area contributed by atoms with E-state index in [1.807, 2.05) is 19.1 Å². The normalized spacial score (nSPS) is 11.6. The molecule has 6 heteroatoms. The minimum atomic E-state index is -2.54. The van der Waals surface area contributed by atoms with Crippen molar-refractivity contribution in [2.75, 3.05) is 13.2 Å². The van der Waals surface area contributed by atoms with Gasteiger partial charge in [0.2, 0.25) is 0 Å². The molecule has 0 saturated heterocycles. The van der Waals surface area contributed by atoms with Crippen LogP contribution in [0, 0.1) is 12.7 Å². The standard InChI is InChI=1S/C23H31FNO3P/c1-19-16-22(18-25-14-9-15-28-29(26)27)23(24)17-21(19)13-8-3-2-5-10-20-11-6-4-7-12-20/h4,6-7,11-12,16-17,25H,2-3,5,8-10,13-15,18H2,1H3/p+1. The highest BCUT2D eigenvalue weighted by Gasteiger charge is 2.11. The van der Waals surface area contributed by atoms with Gasteiger partial charge in [0.05, 0.1) is 0 Å². The fraction of sp³-hybridized carbons (Fsp3) is 0.478. The minimum Gasteiger partial charge on any atom is -0.312 e. The first kappa shape index (κ1) is 23.6. The zero-order valence-electron chi connectivity index (χ0n) is 17.2. The van der Waals surface area contributed by atoms with Gasteiger partial charge in [-0.25, -0.2) is 4.39 Å². The molecule has 1 atom stereocenters. The largest absolute Gasteiger partial charge is 0.694 e. The predicted octanol–water partition coefficient (Wildman–Crippen LogP) is 5.63. The second kappa shape index (κ2) is 13.6. The van der Waals surface area contributed by atoms with Crippen molar-refractivity contribution in [1.82, 2.24) is 5.32 Å². The lowest BCUT2D eigenvalue weighted by Gasteiger charge is -2.11. The van der Waals surface area contributed by atoms with Gasteiger partial charge >= 0.3 is 8.25 Å². The Bertz CT molecular complexity index is 755. The lowest BCUT2D eigenvalue weighted by Crippen LogP contribution is -2.17. The number of rotatable bonds is 14. The predicted molar refractivity (Wildman–Crippen MR) is 116 cm³/mol. The van der Waals surface area contributed by atoms with Crippen molar-refractivity contribution in [1.29, 1.82) is 0 Å². The minimum absolute atomic E-state index is 0.170. The van der Waals surface area contributed by atoms with E-state index in [9.17, 15) is 8.96 Å². The van der Waals surface area contributed by atoms with Crippen LogP contribution in [0.15, 0.2) is 42.5 Å². The van der Waals surface area contributed by atoms with Gasteiger partial charge in [0.1, 0.15) is 12.4 Å². The van der Waals surface area contributed by atoms with Gasteiger partial charge in [0.25, 0.3) is 0 Å². The summed E-state index contributed by atoms with van der Waals surface area (Å²) in [6.45, 7) is 3.30. The van der Waals surface area contributed by atoms with Crippen LogP contribution in [0.2, 0.25) is 0 Å². The fourth-order valence-electron chi connectivity index (χ4n) is 3.39. The van der Waals surface area contributed by atoms with Crippen molar-refractivity contribution in [2.24, 2.45) is 0 Å². The Morgan fingerprint density at radius 3 is 2.45 bits per heavy atom. The third-order valence-corrected chi connectivity index (χ3v) is 5.43. The molecule has 2 N–H and O–H groups in total. The van der Waals surface area contributed by atoms with Crippen molar-refractivity contribution in [3.63, 3.8) is 0 Å². The second-order valence-corrected chi connectivity index (χ2v) is 8.11. The number of benzene rings is 2. The molecule has 0 aliphatic rings. The second-order valence-electron chi connectivity index (χ2n) is 7.37. The Morgan fingerprint density at radius 2 is 1.72 bits per heavy atom. The lowest BCUT2D eigenvalue weighted by molar-refractivity contribution is 0.276. The van der Waals surface area contributed by atoms with Crippen molar-refractivity contribution in [2.45, 2.75) is 58.4 Å². The van der Waals surface area contributed by atoms with Crippen LogP contribution in [0.3, 0.4) is 0 Å². The first-order valence-electron chi connectivity index (χ1n) is 10.4. The summed E-state index contributed by atoms with van der Waals surface area (Å²) >= 11 is 0. The van der Waals surface area contributed by atoms with Crippen LogP contribution in [0.5, 0.6) is 0 Å². The quantitative estimate of drug-likeness (QED) is 0.307. The fourth-order valence-corrected chi connectivity index (χ4v) is 3.68. The Kier molecular flexibility index (Phi) is 11.0. The van der Waals surface area contributed by atoms with E-state index in [-0.39, 0.29) is 12.4 Å². The smallest absolute Gasteiger partial charge is 0.312 e. The zero-order chi connectivity index (χ0) is 20.9. The van der Waals surface area contributed by atoms with Crippen LogP contribution < -0.4 is 5.32 Å². The zero-order valence-corrected chi connectivity index (χ0v) is 18.1. The summed E-state index contributed by atoms with van der Waals surface area (Å²) in [5.74, 6) is -0.170. The van der Waals surface area contributed by atoms with E-state index >= 15 is 0 Å². The van der Waals surface area contributed by atoms with Crippen LogP contribution in [-0.2, 0) is 28.5 Å². The SMILES string of the molecule is Cc1cc(CNCCCO[P+](=O)O)c(F)cc1CCCCCCc1ccccc1. The van der Waals surface area contributed by atoms with Gasteiger partial charge in [-0.2, -0.15) is 0 Å². The summed E-state index contributed by atoms with van der Waals surface area (Å²) in [6.07, 6.45) is 7.29. The maximum absolute atomic E-state index is 14.4. The number of hydrogen-bond acceptors (Lipinski definition) is 3. The molecule has 0 saturated carbocycles. The van der Waals surface area contributed by atoms with Crippen LogP contribution >= 0.6 is 8.25 Å². The van der Waals surface area contributed by atoms with Crippen molar-refractivity contribution in [3.8, 4) is 0 Å². The molecule has 0 aliphatic heterocycles. The first-order valence-corrected chi connectivity index (χ1v) is 11.5. The van der Waals surface area contributed by atoms with E-state index in [1.165, 1.54) is 24.8 Å². The van der Waals surface area contributed by atoms with E-state index in [4.69, 9.17) is 4.89 Å². The molecule has 29 heavy (non-hydrogen) atoms. The highest BCUT2D eigenvalue weighted by atomic mass is 31.1. The molecular weight excluding hydrogens is 388 g/mol. The molecular formula is C23H32FNO3P+. The summed E-state index contributed by atoms with van der Waals surface area (Å²) in [4.78, 5) is 8.55. The summed E-state index contributed by atoms with van der Waals surface area (Å²) in [7, 11) is -2.54. The molecule has 0 fully saturated rings. The van der Waals surface area contributed by atoms with E-state index in [2.05, 4.69) is 34.1 Å². The molecule has 1 unspecified atom stereocenters. The van der Waals surface area contributed by atoms with Gasteiger partial charge in [0.15, 0.2) is 0 Å². The van der Waals surface area contributed by atoms with Gasteiger partial charge < -0.3 is 5.32 Å². The number of nitrogens with one attached hydrogen (secondary N) is 1. The highest BCUT2D eigenvalue weighted by Crippen LogP contribution is 2.19. The summed E-state index contributed by atoms with van der Waals surface area (Å²) in [6, 6.07) is 14.2. The molecule has 0 amide bonds. The molecule has 2 aromatic carbocycles. The molecule has 0 spiro atoms. The van der Waals surface area contributed by atoms with Gasteiger partial charge in [-0.15, -0.1) is 9.42 Å². The van der Waals surface area contributed by atoms with Gasteiger partial charge in [0, 0.05) is 16.7 Å². The molecule has 0 aliphatic carbocycles. The monoisotopic (exact) mass is 420 g/mol. The van der Waals surface area contributed by atoms with Crippen LogP contribution in [0.4, 0.5) is 4.39 Å².